The van der Waals surface area contributed by atoms with Crippen molar-refractivity contribution in [2.24, 2.45) is 0 Å². The molecule has 1 aromatic rings. The molecule has 0 fully saturated rings. The molecule has 1 aromatic carbocycles. The molecule has 13 heavy (non-hydrogen) atoms. The van der Waals surface area contributed by atoms with Crippen LogP contribution >= 0.6 is 0 Å². The summed E-state index contributed by atoms with van der Waals surface area (Å²) < 4.78 is 36.8. The van der Waals surface area contributed by atoms with Crippen molar-refractivity contribution in [3.05, 3.63) is 29.3 Å². The molecule has 0 atom stereocenters. The molecule has 0 unspecified atom stereocenters. The largest absolute Gasteiger partial charge is 0.416 e. The maximum atomic E-state index is 12.3. The van der Waals surface area contributed by atoms with Crippen LogP contribution in [0.1, 0.15) is 11.1 Å². The molecule has 0 aliphatic heterocycles. The minimum Gasteiger partial charge on any atom is -0.388 e. The van der Waals surface area contributed by atoms with Gasteiger partial charge in [0.15, 0.2) is 0 Å². The zero-order chi connectivity index (χ0) is 10.1. The molecule has 1 nitrogen and oxygen atoms in total. The van der Waals surface area contributed by atoms with Crippen molar-refractivity contribution in [2.45, 2.75) is 13.1 Å². The van der Waals surface area contributed by atoms with Crippen molar-refractivity contribution in [3.8, 4) is 0 Å². The Kier molecular flexibility index (Phi) is 2.50. The molecule has 0 saturated heterocycles. The third kappa shape index (κ3) is 2.37. The minimum atomic E-state index is -4.27. The smallest absolute Gasteiger partial charge is 0.388 e. The summed E-state index contributed by atoms with van der Waals surface area (Å²) >= 11 is 0. The van der Waals surface area contributed by atoms with Crippen LogP contribution in [0.2, 0.25) is 0 Å². The lowest BCUT2D eigenvalue weighted by Gasteiger charge is -2.09. The summed E-state index contributed by atoms with van der Waals surface area (Å²) in [5, 5.41) is 2.68. The summed E-state index contributed by atoms with van der Waals surface area (Å²) in [6, 6.07) is 3.88. The summed E-state index contributed by atoms with van der Waals surface area (Å²) in [5.41, 5.74) is 0.461. The van der Waals surface area contributed by atoms with E-state index in [2.05, 4.69) is 5.32 Å². The van der Waals surface area contributed by atoms with E-state index in [9.17, 15) is 13.2 Å². The first-order valence-corrected chi connectivity index (χ1v) is 3.80. The predicted molar refractivity (Wildman–Crippen MR) is 45.7 cm³/mol. The van der Waals surface area contributed by atoms with Crippen molar-refractivity contribution in [1.82, 2.24) is 0 Å². The number of rotatable bonds is 1. The fraction of sp³-hybridized carbons (Fsp3) is 0.333. The van der Waals surface area contributed by atoms with Gasteiger partial charge in [0.1, 0.15) is 0 Å². The van der Waals surface area contributed by atoms with Crippen LogP contribution in [0, 0.1) is 6.92 Å². The van der Waals surface area contributed by atoms with Gasteiger partial charge in [-0.25, -0.2) is 0 Å². The molecule has 0 aliphatic carbocycles. The van der Waals surface area contributed by atoms with Gasteiger partial charge >= 0.3 is 6.18 Å². The molecule has 0 amide bonds. The van der Waals surface area contributed by atoms with Crippen LogP contribution in [0.3, 0.4) is 0 Å². The highest BCUT2D eigenvalue weighted by atomic mass is 19.4. The molecule has 4 heteroatoms. The molecule has 1 N–H and O–H groups in total. The van der Waals surface area contributed by atoms with Gasteiger partial charge in [0, 0.05) is 12.7 Å². The van der Waals surface area contributed by atoms with E-state index in [0.29, 0.717) is 11.3 Å². The summed E-state index contributed by atoms with van der Waals surface area (Å²) in [6.45, 7) is 1.64. The first-order chi connectivity index (χ1) is 5.93. The topological polar surface area (TPSA) is 12.0 Å². The van der Waals surface area contributed by atoms with E-state index in [-0.39, 0.29) is 0 Å². The van der Waals surface area contributed by atoms with Crippen LogP contribution in [0.4, 0.5) is 18.9 Å². The zero-order valence-corrected chi connectivity index (χ0v) is 7.37. The molecular weight excluding hydrogens is 179 g/mol. The third-order valence-corrected chi connectivity index (χ3v) is 1.69. The van der Waals surface area contributed by atoms with Gasteiger partial charge in [-0.3, -0.25) is 0 Å². The van der Waals surface area contributed by atoms with Crippen molar-refractivity contribution in [2.75, 3.05) is 12.4 Å². The van der Waals surface area contributed by atoms with E-state index in [1.165, 1.54) is 0 Å². The second kappa shape index (κ2) is 3.28. The van der Waals surface area contributed by atoms with Gasteiger partial charge in [-0.05, 0) is 30.7 Å². The lowest BCUT2D eigenvalue weighted by atomic mass is 10.1. The predicted octanol–water partition coefficient (Wildman–Crippen LogP) is 3.06. The van der Waals surface area contributed by atoms with Crippen LogP contribution in [0.5, 0.6) is 0 Å². The molecule has 0 radical (unpaired) electrons. The Labute approximate surface area is 74.6 Å². The number of aryl methyl sites for hydroxylation is 1. The molecule has 0 heterocycles. The SMILES string of the molecule is CNc1cc(C)cc(C(F)(F)F)c1. The van der Waals surface area contributed by atoms with Gasteiger partial charge in [-0.2, -0.15) is 13.2 Å². The third-order valence-electron chi connectivity index (χ3n) is 1.69. The quantitative estimate of drug-likeness (QED) is 0.715. The average molecular weight is 189 g/mol. The Bertz CT molecular complexity index is 304. The number of benzene rings is 1. The molecule has 0 bridgehead atoms. The second-order valence-electron chi connectivity index (χ2n) is 2.84. The molecule has 0 aliphatic rings. The van der Waals surface area contributed by atoms with E-state index in [0.717, 1.165) is 12.1 Å². The molecule has 0 saturated carbocycles. The highest BCUT2D eigenvalue weighted by Gasteiger charge is 2.30. The van der Waals surface area contributed by atoms with Gasteiger partial charge in [0.05, 0.1) is 5.56 Å². The molecule has 0 aromatic heterocycles. The summed E-state index contributed by atoms with van der Waals surface area (Å²) in [4.78, 5) is 0. The fourth-order valence-corrected chi connectivity index (χ4v) is 1.09. The van der Waals surface area contributed by atoms with E-state index in [1.54, 1.807) is 20.0 Å². The van der Waals surface area contributed by atoms with E-state index >= 15 is 0 Å². The van der Waals surface area contributed by atoms with Crippen molar-refractivity contribution in [3.63, 3.8) is 0 Å². The van der Waals surface area contributed by atoms with E-state index in [1.807, 2.05) is 0 Å². The second-order valence-corrected chi connectivity index (χ2v) is 2.84. The lowest BCUT2D eigenvalue weighted by Crippen LogP contribution is -2.06. The molecule has 1 rings (SSSR count). The van der Waals surface area contributed by atoms with Crippen LogP contribution < -0.4 is 5.32 Å². The standard InChI is InChI=1S/C9H10F3N/c1-6-3-7(9(10,11)12)5-8(4-6)13-2/h3-5,13H,1-2H3. The highest BCUT2D eigenvalue weighted by Crippen LogP contribution is 2.31. The Morgan fingerprint density at radius 1 is 1.15 bits per heavy atom. The fourth-order valence-electron chi connectivity index (χ4n) is 1.09. The van der Waals surface area contributed by atoms with Gasteiger partial charge < -0.3 is 5.32 Å². The Morgan fingerprint density at radius 3 is 2.23 bits per heavy atom. The number of hydrogen-bond donors (Lipinski definition) is 1. The Morgan fingerprint density at radius 2 is 1.77 bits per heavy atom. The van der Waals surface area contributed by atoms with E-state index in [4.69, 9.17) is 0 Å². The maximum Gasteiger partial charge on any atom is 0.416 e. The molecular formula is C9H10F3N. The number of nitrogens with one attached hydrogen (secondary N) is 1. The summed E-state index contributed by atoms with van der Waals surface area (Å²) in [5.74, 6) is 0. The first kappa shape index (κ1) is 9.89. The van der Waals surface area contributed by atoms with Crippen LogP contribution in [0.25, 0.3) is 0 Å². The van der Waals surface area contributed by atoms with Crippen LogP contribution in [-0.2, 0) is 6.18 Å². The van der Waals surface area contributed by atoms with Crippen LogP contribution in [-0.4, -0.2) is 7.05 Å². The monoisotopic (exact) mass is 189 g/mol. The number of halogens is 3. The summed E-state index contributed by atoms with van der Waals surface area (Å²) in [6.07, 6.45) is -4.27. The van der Waals surface area contributed by atoms with E-state index < -0.39 is 11.7 Å². The Hall–Kier alpha value is -1.19. The number of alkyl halides is 3. The van der Waals surface area contributed by atoms with Gasteiger partial charge in [0.25, 0.3) is 0 Å². The number of hydrogen-bond acceptors (Lipinski definition) is 1. The molecule has 0 spiro atoms. The first-order valence-electron chi connectivity index (χ1n) is 3.80. The normalized spacial score (nSPS) is 11.5. The molecule has 72 valence electrons. The number of anilines is 1. The van der Waals surface area contributed by atoms with Gasteiger partial charge in [-0.1, -0.05) is 0 Å². The van der Waals surface area contributed by atoms with Gasteiger partial charge in [-0.15, -0.1) is 0 Å². The van der Waals surface area contributed by atoms with Crippen molar-refractivity contribution in [1.29, 1.82) is 0 Å². The Balaban J connectivity index is 3.16. The maximum absolute atomic E-state index is 12.3. The van der Waals surface area contributed by atoms with Gasteiger partial charge in [0.2, 0.25) is 0 Å². The lowest BCUT2D eigenvalue weighted by molar-refractivity contribution is -0.137. The van der Waals surface area contributed by atoms with Crippen LogP contribution in [0.15, 0.2) is 18.2 Å². The minimum absolute atomic E-state index is 0.479. The summed E-state index contributed by atoms with van der Waals surface area (Å²) in [7, 11) is 1.59. The van der Waals surface area contributed by atoms with Crippen molar-refractivity contribution < 1.29 is 13.2 Å². The highest BCUT2D eigenvalue weighted by molar-refractivity contribution is 5.48. The zero-order valence-electron chi connectivity index (χ0n) is 7.37. The average Bonchev–Trinajstić information content (AvgIpc) is 2.01. The van der Waals surface area contributed by atoms with Crippen molar-refractivity contribution >= 4 is 5.69 Å².